The molecule has 1 saturated carbocycles. The van der Waals surface area contributed by atoms with E-state index in [0.717, 1.165) is 36.8 Å². The third kappa shape index (κ3) is 3.38. The van der Waals surface area contributed by atoms with Crippen molar-refractivity contribution in [2.24, 2.45) is 5.92 Å². The Labute approximate surface area is 145 Å². The van der Waals surface area contributed by atoms with Gasteiger partial charge >= 0.3 is 0 Å². The first-order chi connectivity index (χ1) is 11.5. The van der Waals surface area contributed by atoms with Crippen molar-refractivity contribution in [1.29, 1.82) is 0 Å². The summed E-state index contributed by atoms with van der Waals surface area (Å²) in [6.07, 6.45) is 10.4. The van der Waals surface area contributed by atoms with Gasteiger partial charge in [0.05, 0.1) is 0 Å². The zero-order valence-electron chi connectivity index (χ0n) is 15.0. The molecule has 1 aromatic carbocycles. The van der Waals surface area contributed by atoms with Gasteiger partial charge in [0.2, 0.25) is 0 Å². The topological polar surface area (TPSA) is 40.5 Å². The normalized spacial score (nSPS) is 25.3. The highest BCUT2D eigenvalue weighted by Gasteiger charge is 2.30. The summed E-state index contributed by atoms with van der Waals surface area (Å²) in [4.78, 5) is 0. The van der Waals surface area contributed by atoms with E-state index in [4.69, 9.17) is 0 Å². The van der Waals surface area contributed by atoms with Crippen molar-refractivity contribution in [3.8, 4) is 11.5 Å². The monoisotopic (exact) mass is 326 g/mol. The Kier molecular flexibility index (Phi) is 5.03. The standard InChI is InChI=1S/C22H30O2/c1-14(2)18-10-9-15(3)11-19(18)22-20(23)12-17(13-21(22)24)16-7-5-4-6-8-16/h11-13,16,18-19,23-24H,1,4-10H2,2-3H3/t18-,19?/m0/s1. The summed E-state index contributed by atoms with van der Waals surface area (Å²) in [6, 6.07) is 3.80. The fourth-order valence-corrected chi connectivity index (χ4v) is 4.56. The van der Waals surface area contributed by atoms with Crippen LogP contribution in [0, 0.1) is 5.92 Å². The highest BCUT2D eigenvalue weighted by Crippen LogP contribution is 2.47. The first-order valence-electron chi connectivity index (χ1n) is 9.36. The summed E-state index contributed by atoms with van der Waals surface area (Å²) in [5.74, 6) is 1.28. The molecule has 2 aliphatic rings. The van der Waals surface area contributed by atoms with Crippen LogP contribution in [0.25, 0.3) is 0 Å². The largest absolute Gasteiger partial charge is 0.507 e. The molecule has 2 aliphatic carbocycles. The Hall–Kier alpha value is -1.70. The molecule has 0 spiro atoms. The van der Waals surface area contributed by atoms with Gasteiger partial charge in [-0.2, -0.15) is 0 Å². The van der Waals surface area contributed by atoms with Crippen LogP contribution >= 0.6 is 0 Å². The Morgan fingerprint density at radius 1 is 1.04 bits per heavy atom. The predicted molar refractivity (Wildman–Crippen MR) is 99.6 cm³/mol. The molecular formula is C22H30O2. The first-order valence-corrected chi connectivity index (χ1v) is 9.36. The van der Waals surface area contributed by atoms with Gasteiger partial charge in [-0.3, -0.25) is 0 Å². The maximum atomic E-state index is 10.7. The van der Waals surface area contributed by atoms with E-state index >= 15 is 0 Å². The molecule has 2 N–H and O–H groups in total. The van der Waals surface area contributed by atoms with E-state index < -0.39 is 0 Å². The number of phenolic OH excluding ortho intramolecular Hbond substituents is 2. The van der Waals surface area contributed by atoms with E-state index in [9.17, 15) is 10.2 Å². The summed E-state index contributed by atoms with van der Waals surface area (Å²) in [7, 11) is 0. The lowest BCUT2D eigenvalue weighted by atomic mass is 9.73. The Balaban J connectivity index is 1.98. The van der Waals surface area contributed by atoms with Crippen LogP contribution in [-0.2, 0) is 0 Å². The molecule has 0 heterocycles. The van der Waals surface area contributed by atoms with Crippen molar-refractivity contribution in [3.63, 3.8) is 0 Å². The molecule has 1 unspecified atom stereocenters. The minimum Gasteiger partial charge on any atom is -0.507 e. The molecule has 1 fully saturated rings. The second kappa shape index (κ2) is 7.04. The number of benzene rings is 1. The van der Waals surface area contributed by atoms with Gasteiger partial charge in [-0.1, -0.05) is 43.1 Å². The second-order valence-corrected chi connectivity index (χ2v) is 7.84. The van der Waals surface area contributed by atoms with Gasteiger partial charge in [-0.15, -0.1) is 0 Å². The predicted octanol–water partition coefficient (Wildman–Crippen LogP) is 6.16. The molecule has 0 saturated heterocycles. The lowest BCUT2D eigenvalue weighted by Gasteiger charge is -2.32. The van der Waals surface area contributed by atoms with Crippen LogP contribution in [0.3, 0.4) is 0 Å². The molecule has 130 valence electrons. The molecule has 0 bridgehead atoms. The zero-order chi connectivity index (χ0) is 17.3. The van der Waals surface area contributed by atoms with Crippen molar-refractivity contribution in [2.45, 2.75) is 70.6 Å². The molecular weight excluding hydrogens is 296 g/mol. The summed E-state index contributed by atoms with van der Waals surface area (Å²) in [5.41, 5.74) is 4.23. The summed E-state index contributed by atoms with van der Waals surface area (Å²) in [5, 5.41) is 21.4. The van der Waals surface area contributed by atoms with Gasteiger partial charge < -0.3 is 10.2 Å². The van der Waals surface area contributed by atoms with Crippen LogP contribution in [0.15, 0.2) is 35.9 Å². The van der Waals surface area contributed by atoms with Crippen LogP contribution in [0.2, 0.25) is 0 Å². The molecule has 24 heavy (non-hydrogen) atoms. The van der Waals surface area contributed by atoms with Crippen molar-refractivity contribution in [1.82, 2.24) is 0 Å². The molecule has 2 nitrogen and oxygen atoms in total. The highest BCUT2D eigenvalue weighted by atomic mass is 16.3. The van der Waals surface area contributed by atoms with Crippen LogP contribution < -0.4 is 0 Å². The van der Waals surface area contributed by atoms with Crippen molar-refractivity contribution in [3.05, 3.63) is 47.1 Å². The van der Waals surface area contributed by atoms with E-state index in [1.54, 1.807) is 0 Å². The van der Waals surface area contributed by atoms with Crippen LogP contribution in [0.4, 0.5) is 0 Å². The van der Waals surface area contributed by atoms with Crippen LogP contribution in [-0.4, -0.2) is 10.2 Å². The van der Waals surface area contributed by atoms with Gasteiger partial charge in [-0.05, 0) is 69.1 Å². The van der Waals surface area contributed by atoms with Gasteiger partial charge in [0, 0.05) is 11.5 Å². The van der Waals surface area contributed by atoms with Crippen molar-refractivity contribution < 1.29 is 10.2 Å². The molecule has 3 rings (SSSR count). The highest BCUT2D eigenvalue weighted by molar-refractivity contribution is 5.52. The molecule has 1 aromatic rings. The third-order valence-corrected chi connectivity index (χ3v) is 5.95. The van der Waals surface area contributed by atoms with E-state index in [-0.39, 0.29) is 23.3 Å². The Bertz CT molecular complexity index is 627. The summed E-state index contributed by atoms with van der Waals surface area (Å²) < 4.78 is 0. The lowest BCUT2D eigenvalue weighted by molar-refractivity contribution is 0.400. The van der Waals surface area contributed by atoms with Crippen LogP contribution in [0.5, 0.6) is 11.5 Å². The molecule has 2 atom stereocenters. The fourth-order valence-electron chi connectivity index (χ4n) is 4.56. The minimum atomic E-state index is 0.0247. The molecule has 0 amide bonds. The maximum absolute atomic E-state index is 10.7. The van der Waals surface area contributed by atoms with E-state index in [0.29, 0.717) is 11.5 Å². The molecule has 2 heteroatoms. The summed E-state index contributed by atoms with van der Waals surface area (Å²) in [6.45, 7) is 8.32. The third-order valence-electron chi connectivity index (χ3n) is 5.95. The fraction of sp³-hybridized carbons (Fsp3) is 0.545. The SMILES string of the molecule is C=C(C)[C@@H]1CCC(C)=CC1c1c(O)cc(C2CCCCC2)cc1O. The van der Waals surface area contributed by atoms with Gasteiger partial charge in [-0.25, -0.2) is 0 Å². The van der Waals surface area contributed by atoms with Gasteiger partial charge in [0.1, 0.15) is 11.5 Å². The lowest BCUT2D eigenvalue weighted by Crippen LogP contribution is -2.17. The Morgan fingerprint density at radius 2 is 1.67 bits per heavy atom. The second-order valence-electron chi connectivity index (χ2n) is 7.84. The van der Waals surface area contributed by atoms with Crippen molar-refractivity contribution >= 4 is 0 Å². The number of allylic oxidation sites excluding steroid dienone is 3. The number of hydrogen-bond donors (Lipinski definition) is 2. The Morgan fingerprint density at radius 3 is 2.25 bits per heavy atom. The number of aromatic hydroxyl groups is 2. The van der Waals surface area contributed by atoms with Crippen LogP contribution in [0.1, 0.15) is 81.8 Å². The molecule has 0 aliphatic heterocycles. The number of phenols is 2. The van der Waals surface area contributed by atoms with Gasteiger partial charge in [0.25, 0.3) is 0 Å². The van der Waals surface area contributed by atoms with Gasteiger partial charge in [0.15, 0.2) is 0 Å². The average molecular weight is 326 g/mol. The smallest absolute Gasteiger partial charge is 0.123 e. The maximum Gasteiger partial charge on any atom is 0.123 e. The number of rotatable bonds is 3. The summed E-state index contributed by atoms with van der Waals surface area (Å²) >= 11 is 0. The van der Waals surface area contributed by atoms with E-state index in [1.807, 2.05) is 12.1 Å². The zero-order valence-corrected chi connectivity index (χ0v) is 15.0. The van der Waals surface area contributed by atoms with E-state index in [1.165, 1.54) is 24.8 Å². The first kappa shape index (κ1) is 17.1. The quantitative estimate of drug-likeness (QED) is 0.653. The van der Waals surface area contributed by atoms with E-state index in [2.05, 4.69) is 26.5 Å². The average Bonchev–Trinajstić information content (AvgIpc) is 2.55. The minimum absolute atomic E-state index is 0.0247. The molecule has 0 aromatic heterocycles. The number of hydrogen-bond acceptors (Lipinski definition) is 2. The van der Waals surface area contributed by atoms with Crippen molar-refractivity contribution in [2.75, 3.05) is 0 Å². The molecule has 0 radical (unpaired) electrons.